The molecule has 1 saturated heterocycles. The molecule has 0 spiro atoms. The fourth-order valence-corrected chi connectivity index (χ4v) is 3.98. The molecule has 188 valence electrons. The van der Waals surface area contributed by atoms with Crippen LogP contribution in [0.15, 0.2) is 67.3 Å². The molecule has 2 aromatic carbocycles. The molecule has 0 saturated carbocycles. The lowest BCUT2D eigenvalue weighted by molar-refractivity contribution is -0.0511. The van der Waals surface area contributed by atoms with Crippen molar-refractivity contribution in [3.8, 4) is 11.8 Å². The van der Waals surface area contributed by atoms with E-state index < -0.39 is 31.1 Å². The van der Waals surface area contributed by atoms with Gasteiger partial charge in [-0.2, -0.15) is 0 Å². The first kappa shape index (κ1) is 24.4. The number of aliphatic hydroxyl groups excluding tert-OH is 3. The van der Waals surface area contributed by atoms with E-state index in [4.69, 9.17) is 4.74 Å². The quantitative estimate of drug-likeness (QED) is 0.244. The van der Waals surface area contributed by atoms with Crippen LogP contribution in [0.3, 0.4) is 0 Å². The van der Waals surface area contributed by atoms with Crippen LogP contribution in [0.25, 0.3) is 11.2 Å². The number of carbonyl (C=O) groups is 1. The van der Waals surface area contributed by atoms with Gasteiger partial charge >= 0.3 is 0 Å². The Morgan fingerprint density at radius 1 is 1.03 bits per heavy atom. The van der Waals surface area contributed by atoms with Gasteiger partial charge in [-0.05, 0) is 36.4 Å². The molecule has 2 aromatic heterocycles. The average Bonchev–Trinajstić information content (AvgIpc) is 3.49. The van der Waals surface area contributed by atoms with Crippen molar-refractivity contribution in [3.05, 3.63) is 78.4 Å². The van der Waals surface area contributed by atoms with Crippen molar-refractivity contribution in [3.63, 3.8) is 0 Å². The molecule has 0 unspecified atom stereocenters. The number of amides is 1. The van der Waals surface area contributed by atoms with Crippen molar-refractivity contribution in [1.29, 1.82) is 0 Å². The number of hydrogen-bond donors (Lipinski definition) is 5. The number of aromatic nitrogens is 4. The summed E-state index contributed by atoms with van der Waals surface area (Å²) in [7, 11) is 0. The zero-order valence-electron chi connectivity index (χ0n) is 19.5. The first-order valence-electron chi connectivity index (χ1n) is 11.5. The van der Waals surface area contributed by atoms with E-state index in [0.29, 0.717) is 22.5 Å². The largest absolute Gasteiger partial charge is 0.394 e. The first-order chi connectivity index (χ1) is 18.0. The van der Waals surface area contributed by atoms with Gasteiger partial charge in [0.2, 0.25) is 0 Å². The number of ether oxygens (including phenoxy) is 1. The topological polar surface area (TPSA) is 155 Å². The van der Waals surface area contributed by atoms with Gasteiger partial charge in [-0.25, -0.2) is 15.0 Å². The molecule has 11 heteroatoms. The van der Waals surface area contributed by atoms with Crippen LogP contribution < -0.4 is 10.6 Å². The molecule has 5 rings (SSSR count). The molecule has 1 fully saturated rings. The maximum Gasteiger partial charge on any atom is 0.252 e. The lowest BCUT2D eigenvalue weighted by Gasteiger charge is -2.16. The van der Waals surface area contributed by atoms with Crippen LogP contribution in [0.5, 0.6) is 0 Å². The summed E-state index contributed by atoms with van der Waals surface area (Å²) < 4.78 is 7.09. The standard InChI is InChI=1S/C26H24N6O5/c33-13-19-21(34)22(35)26(37-19)32-15-30-20-23(28-14-29-24(20)32)31-18-10-8-16(9-11-18)5-4-12-27-25(36)17-6-2-1-3-7-17/h1-3,6-11,14-15,19,21-22,26,33-35H,12-13H2,(H,27,36)(H,28,29,31)/t19-,21-,22-,26-/m1/s1. The summed E-state index contributed by atoms with van der Waals surface area (Å²) in [5, 5.41) is 35.7. The van der Waals surface area contributed by atoms with Gasteiger partial charge < -0.3 is 30.7 Å². The smallest absolute Gasteiger partial charge is 0.252 e. The fourth-order valence-electron chi connectivity index (χ4n) is 3.98. The number of rotatable bonds is 6. The third-order valence-corrected chi connectivity index (χ3v) is 5.90. The van der Waals surface area contributed by atoms with Gasteiger partial charge in [0.05, 0.1) is 19.5 Å². The number of nitrogens with one attached hydrogen (secondary N) is 2. The normalized spacial score (nSPS) is 20.8. The van der Waals surface area contributed by atoms with Crippen molar-refractivity contribution in [1.82, 2.24) is 24.8 Å². The second-order valence-corrected chi connectivity index (χ2v) is 8.33. The summed E-state index contributed by atoms with van der Waals surface area (Å²) in [5.74, 6) is 6.22. The number of nitrogens with zero attached hydrogens (tertiary/aromatic N) is 4. The van der Waals surface area contributed by atoms with Crippen LogP contribution in [0.2, 0.25) is 0 Å². The Hall–Kier alpha value is -4.34. The summed E-state index contributed by atoms with van der Waals surface area (Å²) in [6.07, 6.45) is -1.53. The highest BCUT2D eigenvalue weighted by atomic mass is 16.6. The number of fused-ring (bicyclic) bond motifs is 1. The molecule has 37 heavy (non-hydrogen) atoms. The molecule has 5 N–H and O–H groups in total. The lowest BCUT2D eigenvalue weighted by atomic mass is 10.1. The van der Waals surface area contributed by atoms with Crippen LogP contribution >= 0.6 is 0 Å². The molecule has 3 heterocycles. The fraction of sp³-hybridized carbons (Fsp3) is 0.231. The lowest BCUT2D eigenvalue weighted by Crippen LogP contribution is -2.33. The summed E-state index contributed by atoms with van der Waals surface area (Å²) in [4.78, 5) is 24.9. The summed E-state index contributed by atoms with van der Waals surface area (Å²) in [6.45, 7) is -0.198. The maximum atomic E-state index is 12.1. The number of hydrogen-bond acceptors (Lipinski definition) is 9. The highest BCUT2D eigenvalue weighted by Gasteiger charge is 2.44. The zero-order chi connectivity index (χ0) is 25.8. The molecule has 0 radical (unpaired) electrons. The molecule has 11 nitrogen and oxygen atoms in total. The third-order valence-electron chi connectivity index (χ3n) is 5.90. The van der Waals surface area contributed by atoms with E-state index in [9.17, 15) is 20.1 Å². The number of benzene rings is 2. The van der Waals surface area contributed by atoms with Crippen LogP contribution in [-0.2, 0) is 4.74 Å². The Balaban J connectivity index is 1.24. The summed E-state index contributed by atoms with van der Waals surface area (Å²) >= 11 is 0. The molecule has 0 aliphatic carbocycles. The van der Waals surface area contributed by atoms with Crippen LogP contribution in [0.4, 0.5) is 11.5 Å². The van der Waals surface area contributed by atoms with Crippen molar-refractivity contribution in [2.45, 2.75) is 24.5 Å². The summed E-state index contributed by atoms with van der Waals surface area (Å²) in [6, 6.07) is 16.3. The van der Waals surface area contributed by atoms with Crippen molar-refractivity contribution in [2.24, 2.45) is 0 Å². The van der Waals surface area contributed by atoms with E-state index in [1.807, 2.05) is 30.3 Å². The Morgan fingerprint density at radius 3 is 2.54 bits per heavy atom. The highest BCUT2D eigenvalue weighted by Crippen LogP contribution is 2.32. The molecule has 1 aliphatic heterocycles. The number of carbonyl (C=O) groups excluding carboxylic acids is 1. The minimum absolute atomic E-state index is 0.175. The van der Waals surface area contributed by atoms with Crippen LogP contribution in [-0.4, -0.2) is 72.2 Å². The molecule has 1 aliphatic rings. The average molecular weight is 501 g/mol. The Morgan fingerprint density at radius 2 is 1.81 bits per heavy atom. The molecular formula is C26H24N6O5. The van der Waals surface area contributed by atoms with Crippen LogP contribution in [0.1, 0.15) is 22.1 Å². The van der Waals surface area contributed by atoms with Gasteiger partial charge in [-0.3, -0.25) is 9.36 Å². The number of anilines is 2. The van der Waals surface area contributed by atoms with E-state index in [1.165, 1.54) is 17.2 Å². The minimum Gasteiger partial charge on any atom is -0.394 e. The predicted molar refractivity (Wildman–Crippen MR) is 134 cm³/mol. The monoisotopic (exact) mass is 500 g/mol. The Kier molecular flexibility index (Phi) is 7.07. The van der Waals surface area contributed by atoms with E-state index in [-0.39, 0.29) is 12.5 Å². The number of aliphatic hydroxyl groups is 3. The Bertz CT molecular complexity index is 1450. The van der Waals surface area contributed by atoms with E-state index in [2.05, 4.69) is 37.4 Å². The van der Waals surface area contributed by atoms with Crippen molar-refractivity contribution >= 4 is 28.6 Å². The second-order valence-electron chi connectivity index (χ2n) is 8.33. The van der Waals surface area contributed by atoms with Crippen molar-refractivity contribution in [2.75, 3.05) is 18.5 Å². The second kappa shape index (κ2) is 10.7. The molecular weight excluding hydrogens is 476 g/mol. The molecule has 0 bridgehead atoms. The predicted octanol–water partition coefficient (Wildman–Crippen LogP) is 0.963. The SMILES string of the molecule is O=C(NCC#Cc1ccc(Nc2ncnc3c2ncn3[C@@H]2O[C@H](CO)[C@@H](O)[C@H]2O)cc1)c1ccccc1. The maximum absolute atomic E-state index is 12.1. The third kappa shape index (κ3) is 5.13. The zero-order valence-corrected chi connectivity index (χ0v) is 19.5. The van der Waals surface area contributed by atoms with Crippen LogP contribution in [0, 0.1) is 11.8 Å². The minimum atomic E-state index is -1.25. The van der Waals surface area contributed by atoms with Gasteiger partial charge in [0.15, 0.2) is 23.2 Å². The van der Waals surface area contributed by atoms with Gasteiger partial charge in [0.1, 0.15) is 24.6 Å². The van der Waals surface area contributed by atoms with E-state index in [1.54, 1.807) is 24.3 Å². The van der Waals surface area contributed by atoms with Gasteiger partial charge in [0.25, 0.3) is 5.91 Å². The van der Waals surface area contributed by atoms with Gasteiger partial charge in [0, 0.05) is 16.8 Å². The number of imidazole rings is 1. The Labute approximate surface area is 211 Å². The van der Waals surface area contributed by atoms with E-state index >= 15 is 0 Å². The summed E-state index contributed by atoms with van der Waals surface area (Å²) in [5.41, 5.74) is 2.94. The van der Waals surface area contributed by atoms with Gasteiger partial charge in [-0.15, -0.1) is 0 Å². The first-order valence-corrected chi connectivity index (χ1v) is 11.5. The molecule has 4 atom stereocenters. The van der Waals surface area contributed by atoms with Crippen molar-refractivity contribution < 1.29 is 24.9 Å². The van der Waals surface area contributed by atoms with Gasteiger partial charge in [-0.1, -0.05) is 30.0 Å². The molecule has 1 amide bonds. The van der Waals surface area contributed by atoms with E-state index in [0.717, 1.165) is 11.3 Å². The molecule has 4 aromatic rings. The highest BCUT2D eigenvalue weighted by molar-refractivity contribution is 5.94.